The number of alkyl halides is 6. The SMILES string of the molecule is CCC1(C)CC(CC(O)(C(F)(F)F)C(F)(F)F)(C2CCCCC2)OC1=O. The molecule has 0 radical (unpaired) electrons. The van der Waals surface area contributed by atoms with Crippen molar-refractivity contribution >= 4 is 5.97 Å². The van der Waals surface area contributed by atoms with Crippen molar-refractivity contribution in [1.29, 1.82) is 0 Å². The van der Waals surface area contributed by atoms with Gasteiger partial charge in [-0.05, 0) is 32.1 Å². The second-order valence-corrected chi connectivity index (χ2v) is 7.91. The van der Waals surface area contributed by atoms with Crippen molar-refractivity contribution < 1.29 is 41.0 Å². The molecule has 2 aliphatic rings. The Kier molecular flexibility index (Phi) is 5.38. The first-order valence-electron chi connectivity index (χ1n) is 8.80. The standard InChI is InChI=1S/C17H24F6O3/c1-3-13(2)9-14(26-12(13)24,11-7-5-4-6-8-11)10-15(25,16(18,19)20)17(21,22)23/h11,25H,3-10H2,1-2H3. The van der Waals surface area contributed by atoms with E-state index in [-0.39, 0.29) is 12.8 Å². The number of carbonyl (C=O) groups is 1. The summed E-state index contributed by atoms with van der Waals surface area (Å²) in [5.74, 6) is -1.43. The first-order chi connectivity index (χ1) is 11.7. The summed E-state index contributed by atoms with van der Waals surface area (Å²) in [6.45, 7) is 3.12. The Morgan fingerprint density at radius 1 is 1.08 bits per heavy atom. The lowest BCUT2D eigenvalue weighted by molar-refractivity contribution is -0.379. The largest absolute Gasteiger partial charge is 0.458 e. The van der Waals surface area contributed by atoms with Crippen molar-refractivity contribution in [2.75, 3.05) is 0 Å². The Bertz CT molecular complexity index is 524. The summed E-state index contributed by atoms with van der Waals surface area (Å²) < 4.78 is 84.8. The summed E-state index contributed by atoms with van der Waals surface area (Å²) in [5, 5.41) is 9.73. The van der Waals surface area contributed by atoms with Crippen LogP contribution in [0.15, 0.2) is 0 Å². The van der Waals surface area contributed by atoms with E-state index >= 15 is 0 Å². The van der Waals surface area contributed by atoms with Gasteiger partial charge < -0.3 is 9.84 Å². The highest BCUT2D eigenvalue weighted by atomic mass is 19.4. The van der Waals surface area contributed by atoms with Crippen LogP contribution in [0.1, 0.15) is 65.2 Å². The average molecular weight is 390 g/mol. The van der Waals surface area contributed by atoms with Crippen molar-refractivity contribution in [1.82, 2.24) is 0 Å². The van der Waals surface area contributed by atoms with E-state index in [0.29, 0.717) is 25.7 Å². The maximum atomic E-state index is 13.3. The molecule has 0 aromatic heterocycles. The highest BCUT2D eigenvalue weighted by molar-refractivity contribution is 5.79. The normalized spacial score (nSPS) is 32.0. The molecule has 1 N–H and O–H groups in total. The van der Waals surface area contributed by atoms with Gasteiger partial charge in [0.05, 0.1) is 5.41 Å². The van der Waals surface area contributed by atoms with Gasteiger partial charge in [0, 0.05) is 12.8 Å². The van der Waals surface area contributed by atoms with Gasteiger partial charge in [-0.1, -0.05) is 26.2 Å². The number of hydrogen-bond acceptors (Lipinski definition) is 3. The lowest BCUT2D eigenvalue weighted by atomic mass is 9.66. The third-order valence-electron chi connectivity index (χ3n) is 6.10. The van der Waals surface area contributed by atoms with Crippen LogP contribution in [-0.4, -0.2) is 34.6 Å². The lowest BCUT2D eigenvalue weighted by Crippen LogP contribution is -2.62. The van der Waals surface area contributed by atoms with Crippen LogP contribution in [0.5, 0.6) is 0 Å². The minimum Gasteiger partial charge on any atom is -0.458 e. The Morgan fingerprint density at radius 3 is 1.96 bits per heavy atom. The molecule has 2 atom stereocenters. The zero-order chi connectivity index (χ0) is 20.0. The summed E-state index contributed by atoms with van der Waals surface area (Å²) in [6, 6.07) is 0. The number of aliphatic hydroxyl groups is 1. The predicted molar refractivity (Wildman–Crippen MR) is 80.1 cm³/mol. The molecule has 1 saturated carbocycles. The molecule has 26 heavy (non-hydrogen) atoms. The van der Waals surface area contributed by atoms with Gasteiger partial charge in [-0.25, -0.2) is 0 Å². The number of esters is 1. The molecule has 1 heterocycles. The van der Waals surface area contributed by atoms with Crippen molar-refractivity contribution in [3.63, 3.8) is 0 Å². The fraction of sp³-hybridized carbons (Fsp3) is 0.941. The first-order valence-corrected chi connectivity index (χ1v) is 8.80. The van der Waals surface area contributed by atoms with E-state index in [1.54, 1.807) is 6.92 Å². The lowest BCUT2D eigenvalue weighted by Gasteiger charge is -2.44. The smallest absolute Gasteiger partial charge is 0.426 e. The summed E-state index contributed by atoms with van der Waals surface area (Å²) >= 11 is 0. The monoisotopic (exact) mass is 390 g/mol. The molecule has 0 amide bonds. The molecule has 152 valence electrons. The first kappa shape index (κ1) is 21.3. The van der Waals surface area contributed by atoms with E-state index in [1.165, 1.54) is 6.92 Å². The highest BCUT2D eigenvalue weighted by Gasteiger charge is 2.74. The second kappa shape index (κ2) is 6.56. The van der Waals surface area contributed by atoms with Gasteiger partial charge in [0.25, 0.3) is 5.60 Å². The number of halogens is 6. The summed E-state index contributed by atoms with van der Waals surface area (Å²) in [5.41, 5.74) is -8.05. The summed E-state index contributed by atoms with van der Waals surface area (Å²) in [7, 11) is 0. The Morgan fingerprint density at radius 2 is 1.58 bits per heavy atom. The van der Waals surface area contributed by atoms with Crippen LogP contribution in [0.4, 0.5) is 26.3 Å². The number of hydrogen-bond donors (Lipinski definition) is 1. The van der Waals surface area contributed by atoms with E-state index in [2.05, 4.69) is 0 Å². The Hall–Kier alpha value is -0.990. The van der Waals surface area contributed by atoms with Crippen LogP contribution in [0.3, 0.4) is 0 Å². The molecule has 1 aliphatic carbocycles. The maximum Gasteiger partial charge on any atom is 0.426 e. The molecule has 0 aromatic rings. The van der Waals surface area contributed by atoms with E-state index < -0.39 is 47.3 Å². The molecule has 1 saturated heterocycles. The van der Waals surface area contributed by atoms with Gasteiger partial charge in [-0.2, -0.15) is 26.3 Å². The minimum atomic E-state index is -5.93. The van der Waals surface area contributed by atoms with Gasteiger partial charge in [0.15, 0.2) is 0 Å². The molecule has 0 spiro atoms. The van der Waals surface area contributed by atoms with Gasteiger partial charge in [-0.15, -0.1) is 0 Å². The van der Waals surface area contributed by atoms with Crippen molar-refractivity contribution in [2.45, 2.75) is 88.8 Å². The van der Waals surface area contributed by atoms with Crippen molar-refractivity contribution in [2.24, 2.45) is 11.3 Å². The Balaban J connectivity index is 2.50. The molecular weight excluding hydrogens is 366 g/mol. The maximum absolute atomic E-state index is 13.3. The third kappa shape index (κ3) is 3.43. The molecule has 0 bridgehead atoms. The van der Waals surface area contributed by atoms with Crippen LogP contribution in [0, 0.1) is 11.3 Å². The van der Waals surface area contributed by atoms with E-state index in [9.17, 15) is 36.2 Å². The average Bonchev–Trinajstić information content (AvgIpc) is 2.78. The Labute approximate surface area is 148 Å². The molecule has 0 aromatic carbocycles. The zero-order valence-electron chi connectivity index (χ0n) is 14.8. The fourth-order valence-corrected chi connectivity index (χ4v) is 4.24. The van der Waals surface area contributed by atoms with Gasteiger partial charge in [-0.3, -0.25) is 4.79 Å². The van der Waals surface area contributed by atoms with Crippen LogP contribution in [0.25, 0.3) is 0 Å². The number of cyclic esters (lactones) is 1. The van der Waals surface area contributed by atoms with Gasteiger partial charge >= 0.3 is 18.3 Å². The van der Waals surface area contributed by atoms with E-state index in [1.807, 2.05) is 0 Å². The molecule has 2 rings (SSSR count). The second-order valence-electron chi connectivity index (χ2n) is 7.91. The van der Waals surface area contributed by atoms with Gasteiger partial charge in [0.1, 0.15) is 5.60 Å². The fourth-order valence-electron chi connectivity index (χ4n) is 4.24. The number of ether oxygens (including phenoxy) is 1. The molecule has 1 aliphatic heterocycles. The topological polar surface area (TPSA) is 46.5 Å². The number of rotatable bonds is 4. The van der Waals surface area contributed by atoms with Crippen molar-refractivity contribution in [3.05, 3.63) is 0 Å². The summed E-state index contributed by atoms with van der Waals surface area (Å²) in [4.78, 5) is 12.3. The molecule has 3 nitrogen and oxygen atoms in total. The van der Waals surface area contributed by atoms with Crippen LogP contribution >= 0.6 is 0 Å². The van der Waals surface area contributed by atoms with E-state index in [0.717, 1.165) is 6.42 Å². The predicted octanol–water partition coefficient (Wildman–Crippen LogP) is 4.91. The van der Waals surface area contributed by atoms with Gasteiger partial charge in [0.2, 0.25) is 0 Å². The van der Waals surface area contributed by atoms with Crippen LogP contribution < -0.4 is 0 Å². The molecule has 2 unspecified atom stereocenters. The van der Waals surface area contributed by atoms with E-state index in [4.69, 9.17) is 4.74 Å². The zero-order valence-corrected chi connectivity index (χ0v) is 14.8. The third-order valence-corrected chi connectivity index (χ3v) is 6.10. The molecular formula is C17H24F6O3. The van der Waals surface area contributed by atoms with Crippen LogP contribution in [0.2, 0.25) is 0 Å². The van der Waals surface area contributed by atoms with Crippen molar-refractivity contribution in [3.8, 4) is 0 Å². The quantitative estimate of drug-likeness (QED) is 0.548. The minimum absolute atomic E-state index is 0.233. The molecule has 9 heteroatoms. The number of carbonyl (C=O) groups excluding carboxylic acids is 1. The van der Waals surface area contributed by atoms with Crippen LogP contribution in [-0.2, 0) is 9.53 Å². The molecule has 2 fully saturated rings. The highest BCUT2D eigenvalue weighted by Crippen LogP contribution is 2.57. The summed E-state index contributed by atoms with van der Waals surface area (Å²) in [6.07, 6.45) is -10.7.